The fraction of sp³-hybridized carbons (Fsp3) is 0.746. The lowest BCUT2D eigenvalue weighted by Crippen LogP contribution is -2.29. The Morgan fingerprint density at radius 3 is 1.12 bits per heavy atom. The topological polar surface area (TPSA) is 134 Å². The van der Waals surface area contributed by atoms with E-state index in [1.807, 2.05) is 0 Å². The van der Waals surface area contributed by atoms with Crippen LogP contribution in [-0.2, 0) is 32.7 Å². The first-order chi connectivity index (χ1) is 35.8. The highest BCUT2D eigenvalue weighted by Crippen LogP contribution is 2.43. The number of phosphoric acid groups is 1. The monoisotopic (exact) mass is 1040 g/mol. The van der Waals surface area contributed by atoms with Crippen molar-refractivity contribution in [1.29, 1.82) is 0 Å². The van der Waals surface area contributed by atoms with Crippen molar-refractivity contribution >= 4 is 19.8 Å². The minimum atomic E-state index is -4.39. The van der Waals surface area contributed by atoms with Crippen molar-refractivity contribution in [1.82, 2.24) is 0 Å². The molecule has 0 aliphatic carbocycles. The Bertz CT molecular complexity index is 1470. The molecule has 0 amide bonds. The highest BCUT2D eigenvalue weighted by Gasteiger charge is 2.26. The van der Waals surface area contributed by atoms with E-state index in [4.69, 9.17) is 24.3 Å². The maximum Gasteiger partial charge on any atom is 0.472 e. The normalized spacial score (nSPS) is 13.6. The van der Waals surface area contributed by atoms with E-state index >= 15 is 0 Å². The Hall–Kier alpha value is -2.81. The van der Waals surface area contributed by atoms with Crippen molar-refractivity contribution in [3.8, 4) is 0 Å². The number of esters is 2. The molecule has 0 bridgehead atoms. The average Bonchev–Trinajstić information content (AvgIpc) is 3.38. The van der Waals surface area contributed by atoms with Gasteiger partial charge in [0.25, 0.3) is 0 Å². The molecule has 2 atom stereocenters. The second-order valence-electron chi connectivity index (χ2n) is 19.8. The van der Waals surface area contributed by atoms with Gasteiger partial charge in [0.15, 0.2) is 6.10 Å². The summed E-state index contributed by atoms with van der Waals surface area (Å²) in [5.41, 5.74) is 5.39. The number of unbranched alkanes of at least 4 members (excludes halogenated alkanes) is 29. The minimum absolute atomic E-state index is 0.0494. The predicted molar refractivity (Wildman–Crippen MR) is 312 cm³/mol. The second-order valence-corrected chi connectivity index (χ2v) is 21.3. The van der Waals surface area contributed by atoms with Crippen molar-refractivity contribution in [2.75, 3.05) is 26.4 Å². The van der Waals surface area contributed by atoms with Gasteiger partial charge in [-0.25, -0.2) is 4.57 Å². The summed E-state index contributed by atoms with van der Waals surface area (Å²) < 4.78 is 33.1. The van der Waals surface area contributed by atoms with E-state index in [-0.39, 0.29) is 38.6 Å². The Kier molecular flexibility index (Phi) is 56.2. The van der Waals surface area contributed by atoms with Gasteiger partial charge in [-0.05, 0) is 89.9 Å². The van der Waals surface area contributed by atoms with Gasteiger partial charge in [-0.2, -0.15) is 0 Å². The lowest BCUT2D eigenvalue weighted by molar-refractivity contribution is -0.161. The third-order valence-corrected chi connectivity index (χ3v) is 13.7. The second kappa shape index (κ2) is 58.5. The Balaban J connectivity index is 3.97. The number of allylic oxidation sites excluding steroid dienone is 14. The average molecular weight is 1040 g/mol. The summed E-state index contributed by atoms with van der Waals surface area (Å²) in [5, 5.41) is 0. The van der Waals surface area contributed by atoms with E-state index in [1.165, 1.54) is 154 Å². The van der Waals surface area contributed by atoms with Gasteiger partial charge >= 0.3 is 19.8 Å². The first kappa shape index (κ1) is 70.2. The molecule has 0 aromatic heterocycles. The number of nitrogens with two attached hydrogens (primary N) is 1. The number of ether oxygens (including phenoxy) is 2. The van der Waals surface area contributed by atoms with Crippen LogP contribution in [0.3, 0.4) is 0 Å². The molecule has 0 aromatic carbocycles. The van der Waals surface area contributed by atoms with Gasteiger partial charge in [0.05, 0.1) is 13.2 Å². The first-order valence-corrected chi connectivity index (χ1v) is 31.6. The maximum absolute atomic E-state index is 12.7. The SMILES string of the molecule is CC/C=C\C/C=C\C/C=C\C/C=C\C/C=C\CCCCCCCCCCCC(=O)OC(COC(=O)CCCCCCCCCCCCCCCCC/C=C\C/C=C\CCCCCCC)COP(=O)(O)OCCN. The van der Waals surface area contributed by atoms with Crippen LogP contribution in [-0.4, -0.2) is 49.3 Å². The Morgan fingerprint density at radius 2 is 0.753 bits per heavy atom. The van der Waals surface area contributed by atoms with Gasteiger partial charge in [0.2, 0.25) is 0 Å². The molecule has 10 heteroatoms. The summed E-state index contributed by atoms with van der Waals surface area (Å²) in [6.07, 6.45) is 76.4. The van der Waals surface area contributed by atoms with E-state index < -0.39 is 26.5 Å². The standard InChI is InChI=1S/C63H112NO8P/c1-3-5-7-9-11-13-15-17-19-21-23-25-27-29-30-32-33-35-37-39-41-43-45-47-49-51-53-55-62(65)69-59-61(60-71-73(67,68)70-58-57-64)72-63(66)56-54-52-50-48-46-44-42-40-38-36-34-31-28-26-24-22-20-18-16-14-12-10-8-6-4-2/h6,8,12,14-15,17-18,20-21,23-24,26,31,34,61H,3-5,7,9-11,13,16,19,22,25,27-30,32-33,35-60,64H2,1-2H3,(H,67,68)/b8-6-,14-12-,17-15-,20-18-,23-21-,26-24-,34-31-. The summed E-state index contributed by atoms with van der Waals surface area (Å²) in [6.45, 7) is 3.63. The fourth-order valence-electron chi connectivity index (χ4n) is 8.34. The molecule has 0 fully saturated rings. The van der Waals surface area contributed by atoms with E-state index in [0.29, 0.717) is 6.42 Å². The van der Waals surface area contributed by atoms with Crippen LogP contribution in [0.2, 0.25) is 0 Å². The summed E-state index contributed by atoms with van der Waals surface area (Å²) in [6, 6.07) is 0. The van der Waals surface area contributed by atoms with E-state index in [0.717, 1.165) is 83.5 Å². The molecule has 422 valence electrons. The molecular weight excluding hydrogens is 930 g/mol. The summed E-state index contributed by atoms with van der Waals surface area (Å²) >= 11 is 0. The number of carbonyl (C=O) groups excluding carboxylic acids is 2. The molecule has 2 unspecified atom stereocenters. The Labute approximate surface area is 449 Å². The number of hydrogen-bond donors (Lipinski definition) is 2. The predicted octanol–water partition coefficient (Wildman–Crippen LogP) is 19.1. The summed E-state index contributed by atoms with van der Waals surface area (Å²) in [5.74, 6) is -0.831. The van der Waals surface area contributed by atoms with E-state index in [9.17, 15) is 19.0 Å². The highest BCUT2D eigenvalue weighted by atomic mass is 31.2. The van der Waals surface area contributed by atoms with Gasteiger partial charge in [-0.1, -0.05) is 253 Å². The lowest BCUT2D eigenvalue weighted by Gasteiger charge is -2.19. The molecule has 0 aromatic rings. The van der Waals surface area contributed by atoms with Crippen molar-refractivity contribution in [2.45, 2.75) is 277 Å². The summed E-state index contributed by atoms with van der Waals surface area (Å²) in [4.78, 5) is 35.2. The van der Waals surface area contributed by atoms with E-state index in [2.05, 4.69) is 98.9 Å². The summed E-state index contributed by atoms with van der Waals surface area (Å²) in [7, 11) is -4.39. The van der Waals surface area contributed by atoms with E-state index in [1.54, 1.807) is 0 Å². The highest BCUT2D eigenvalue weighted by molar-refractivity contribution is 7.47. The third kappa shape index (κ3) is 58.3. The quantitative estimate of drug-likeness (QED) is 0.0264. The zero-order valence-electron chi connectivity index (χ0n) is 47.1. The molecule has 0 spiro atoms. The number of carbonyl (C=O) groups is 2. The maximum atomic E-state index is 12.7. The molecule has 3 N–H and O–H groups in total. The van der Waals surface area contributed by atoms with Crippen LogP contribution in [0.25, 0.3) is 0 Å². The third-order valence-electron chi connectivity index (χ3n) is 12.8. The van der Waals surface area contributed by atoms with Gasteiger partial charge in [-0.15, -0.1) is 0 Å². The fourth-order valence-corrected chi connectivity index (χ4v) is 9.11. The lowest BCUT2D eigenvalue weighted by atomic mass is 10.0. The largest absolute Gasteiger partial charge is 0.472 e. The molecule has 0 heterocycles. The van der Waals surface area contributed by atoms with Crippen molar-refractivity contribution < 1.29 is 37.6 Å². The zero-order valence-corrected chi connectivity index (χ0v) is 48.0. The van der Waals surface area contributed by atoms with Crippen LogP contribution in [0.5, 0.6) is 0 Å². The first-order valence-electron chi connectivity index (χ1n) is 30.1. The van der Waals surface area contributed by atoms with Crippen LogP contribution >= 0.6 is 7.82 Å². The van der Waals surface area contributed by atoms with Crippen LogP contribution in [0.15, 0.2) is 85.1 Å². The van der Waals surface area contributed by atoms with Gasteiger partial charge < -0.3 is 20.1 Å². The molecule has 9 nitrogen and oxygen atoms in total. The van der Waals surface area contributed by atoms with Crippen LogP contribution < -0.4 is 5.73 Å². The molecule has 0 aliphatic rings. The van der Waals surface area contributed by atoms with Crippen molar-refractivity contribution in [2.24, 2.45) is 5.73 Å². The molecule has 0 aliphatic heterocycles. The van der Waals surface area contributed by atoms with Crippen molar-refractivity contribution in [3.63, 3.8) is 0 Å². The molecule has 0 saturated carbocycles. The molecule has 0 radical (unpaired) electrons. The van der Waals surface area contributed by atoms with Crippen LogP contribution in [0.4, 0.5) is 0 Å². The van der Waals surface area contributed by atoms with Gasteiger partial charge in [-0.3, -0.25) is 18.6 Å². The van der Waals surface area contributed by atoms with Crippen LogP contribution in [0.1, 0.15) is 271 Å². The molecular formula is C63H112NO8P. The number of hydrogen-bond acceptors (Lipinski definition) is 8. The van der Waals surface area contributed by atoms with Gasteiger partial charge in [0, 0.05) is 19.4 Å². The smallest absolute Gasteiger partial charge is 0.462 e. The van der Waals surface area contributed by atoms with Crippen LogP contribution in [0, 0.1) is 0 Å². The van der Waals surface area contributed by atoms with Crippen molar-refractivity contribution in [3.05, 3.63) is 85.1 Å². The number of rotatable bonds is 56. The molecule has 0 rings (SSSR count). The minimum Gasteiger partial charge on any atom is -0.462 e. The molecule has 0 saturated heterocycles. The number of phosphoric ester groups is 1. The molecule has 73 heavy (non-hydrogen) atoms. The van der Waals surface area contributed by atoms with Gasteiger partial charge in [0.1, 0.15) is 6.61 Å². The Morgan fingerprint density at radius 1 is 0.425 bits per heavy atom. The zero-order chi connectivity index (χ0) is 53.1.